The Bertz CT molecular complexity index is 461. The van der Waals surface area contributed by atoms with Crippen LogP contribution in [-0.2, 0) is 4.79 Å². The third kappa shape index (κ3) is 4.51. The molecule has 5 nitrogen and oxygen atoms in total. The Hall–Kier alpha value is -1.46. The second kappa shape index (κ2) is 7.00. The Kier molecular flexibility index (Phi) is 5.31. The van der Waals surface area contributed by atoms with Gasteiger partial charge in [0.2, 0.25) is 5.91 Å². The van der Waals surface area contributed by atoms with Crippen molar-refractivity contribution in [2.45, 2.75) is 38.8 Å². The van der Waals surface area contributed by atoms with E-state index < -0.39 is 0 Å². The summed E-state index contributed by atoms with van der Waals surface area (Å²) >= 11 is 0. The van der Waals surface area contributed by atoms with Crippen LogP contribution in [0.4, 0.5) is 0 Å². The van der Waals surface area contributed by atoms with Crippen molar-refractivity contribution < 1.29 is 4.79 Å². The Morgan fingerprint density at radius 2 is 2.38 bits per heavy atom. The molecule has 0 bridgehead atoms. The van der Waals surface area contributed by atoms with Gasteiger partial charge in [-0.3, -0.25) is 14.7 Å². The molecule has 0 spiro atoms. The SMILES string of the molecule is CCC(C)(C)NC(=O)CN1CCNCC1c1cccnc1. The molecule has 0 radical (unpaired) electrons. The lowest BCUT2D eigenvalue weighted by molar-refractivity contribution is -0.124. The van der Waals surface area contributed by atoms with Crippen LogP contribution in [0.25, 0.3) is 0 Å². The van der Waals surface area contributed by atoms with Crippen LogP contribution < -0.4 is 10.6 Å². The molecule has 2 heterocycles. The molecule has 0 aliphatic carbocycles. The maximum Gasteiger partial charge on any atom is 0.234 e. The fourth-order valence-electron chi connectivity index (χ4n) is 2.53. The number of nitrogens with zero attached hydrogens (tertiary/aromatic N) is 2. The van der Waals surface area contributed by atoms with Gasteiger partial charge in [-0.15, -0.1) is 0 Å². The molecule has 1 unspecified atom stereocenters. The fourth-order valence-corrected chi connectivity index (χ4v) is 2.53. The predicted molar refractivity (Wildman–Crippen MR) is 83.9 cm³/mol. The van der Waals surface area contributed by atoms with Crippen molar-refractivity contribution in [3.63, 3.8) is 0 Å². The van der Waals surface area contributed by atoms with E-state index in [1.165, 1.54) is 0 Å². The summed E-state index contributed by atoms with van der Waals surface area (Å²) in [4.78, 5) is 18.7. The molecule has 1 saturated heterocycles. The van der Waals surface area contributed by atoms with Gasteiger partial charge in [0, 0.05) is 43.6 Å². The minimum absolute atomic E-state index is 0.0950. The highest BCUT2D eigenvalue weighted by atomic mass is 16.2. The maximum absolute atomic E-state index is 12.3. The van der Waals surface area contributed by atoms with Crippen LogP contribution in [-0.4, -0.2) is 47.5 Å². The number of rotatable bonds is 5. The molecule has 1 aliphatic rings. The quantitative estimate of drug-likeness (QED) is 0.859. The van der Waals surface area contributed by atoms with E-state index in [1.54, 1.807) is 6.20 Å². The molecule has 21 heavy (non-hydrogen) atoms. The van der Waals surface area contributed by atoms with Gasteiger partial charge in [-0.05, 0) is 31.9 Å². The fraction of sp³-hybridized carbons (Fsp3) is 0.625. The first kappa shape index (κ1) is 15.9. The van der Waals surface area contributed by atoms with Crippen LogP contribution in [0.2, 0.25) is 0 Å². The number of pyridine rings is 1. The summed E-state index contributed by atoms with van der Waals surface area (Å²) in [5, 5.41) is 6.50. The molecule has 1 aliphatic heterocycles. The van der Waals surface area contributed by atoms with E-state index in [9.17, 15) is 4.79 Å². The molecule has 1 atom stereocenters. The van der Waals surface area contributed by atoms with Gasteiger partial charge >= 0.3 is 0 Å². The smallest absolute Gasteiger partial charge is 0.234 e. The molecule has 5 heteroatoms. The zero-order valence-electron chi connectivity index (χ0n) is 13.2. The molecule has 1 fully saturated rings. The van der Waals surface area contributed by atoms with Crippen molar-refractivity contribution in [1.82, 2.24) is 20.5 Å². The van der Waals surface area contributed by atoms with Crippen molar-refractivity contribution in [3.05, 3.63) is 30.1 Å². The molecule has 2 rings (SSSR count). The zero-order chi connectivity index (χ0) is 15.3. The number of nitrogens with one attached hydrogen (secondary N) is 2. The number of aromatic nitrogens is 1. The van der Waals surface area contributed by atoms with E-state index in [2.05, 4.69) is 47.4 Å². The summed E-state index contributed by atoms with van der Waals surface area (Å²) in [5.74, 6) is 0.0950. The van der Waals surface area contributed by atoms with Gasteiger partial charge in [0.1, 0.15) is 0 Å². The average Bonchev–Trinajstić information content (AvgIpc) is 2.48. The van der Waals surface area contributed by atoms with Gasteiger partial charge in [-0.2, -0.15) is 0 Å². The second-order valence-electron chi connectivity index (χ2n) is 6.26. The van der Waals surface area contributed by atoms with Crippen LogP contribution in [0.5, 0.6) is 0 Å². The molecule has 0 aromatic carbocycles. The molecular formula is C16H26N4O. The van der Waals surface area contributed by atoms with Gasteiger partial charge in [-0.25, -0.2) is 0 Å². The normalized spacial score (nSPS) is 20.2. The van der Waals surface area contributed by atoms with Crippen molar-refractivity contribution in [2.75, 3.05) is 26.2 Å². The van der Waals surface area contributed by atoms with Crippen molar-refractivity contribution in [1.29, 1.82) is 0 Å². The number of hydrogen-bond acceptors (Lipinski definition) is 4. The lowest BCUT2D eigenvalue weighted by Gasteiger charge is -2.36. The topological polar surface area (TPSA) is 57.3 Å². The first-order chi connectivity index (χ1) is 10.0. The van der Waals surface area contributed by atoms with Crippen LogP contribution in [0.15, 0.2) is 24.5 Å². The number of piperazine rings is 1. The molecular weight excluding hydrogens is 264 g/mol. The van der Waals surface area contributed by atoms with Crippen LogP contribution in [0.1, 0.15) is 38.8 Å². The largest absolute Gasteiger partial charge is 0.350 e. The van der Waals surface area contributed by atoms with E-state index in [1.807, 2.05) is 12.3 Å². The van der Waals surface area contributed by atoms with Gasteiger partial charge in [0.25, 0.3) is 0 Å². The van der Waals surface area contributed by atoms with Crippen molar-refractivity contribution in [3.8, 4) is 0 Å². The van der Waals surface area contributed by atoms with Gasteiger partial charge in [0.15, 0.2) is 0 Å². The number of hydrogen-bond donors (Lipinski definition) is 2. The first-order valence-corrected chi connectivity index (χ1v) is 7.67. The highest BCUT2D eigenvalue weighted by Crippen LogP contribution is 2.21. The molecule has 1 amide bonds. The van der Waals surface area contributed by atoms with Gasteiger partial charge in [0.05, 0.1) is 6.54 Å². The Labute approximate surface area is 127 Å². The first-order valence-electron chi connectivity index (χ1n) is 7.67. The molecule has 1 aromatic heterocycles. The Balaban J connectivity index is 2.01. The number of carbonyl (C=O) groups excluding carboxylic acids is 1. The average molecular weight is 290 g/mol. The van der Waals surface area contributed by atoms with E-state index in [0.717, 1.165) is 31.6 Å². The van der Waals surface area contributed by atoms with Crippen molar-refractivity contribution >= 4 is 5.91 Å². The third-order valence-electron chi connectivity index (χ3n) is 4.13. The van der Waals surface area contributed by atoms with Gasteiger partial charge < -0.3 is 10.6 Å². The second-order valence-corrected chi connectivity index (χ2v) is 6.26. The molecule has 0 saturated carbocycles. The van der Waals surface area contributed by atoms with Crippen LogP contribution >= 0.6 is 0 Å². The minimum atomic E-state index is -0.144. The predicted octanol–water partition coefficient (Wildman–Crippen LogP) is 1.33. The maximum atomic E-state index is 12.3. The van der Waals surface area contributed by atoms with Gasteiger partial charge in [-0.1, -0.05) is 13.0 Å². The highest BCUT2D eigenvalue weighted by Gasteiger charge is 2.27. The summed E-state index contributed by atoms with van der Waals surface area (Å²) in [7, 11) is 0. The lowest BCUT2D eigenvalue weighted by atomic mass is 10.0. The summed E-state index contributed by atoms with van der Waals surface area (Å²) in [6.45, 7) is 9.29. The Morgan fingerprint density at radius 1 is 1.57 bits per heavy atom. The summed E-state index contributed by atoms with van der Waals surface area (Å²) in [6.07, 6.45) is 4.59. The third-order valence-corrected chi connectivity index (χ3v) is 4.13. The monoisotopic (exact) mass is 290 g/mol. The van der Waals surface area contributed by atoms with Crippen LogP contribution in [0, 0.1) is 0 Å². The van der Waals surface area contributed by atoms with E-state index in [-0.39, 0.29) is 17.5 Å². The standard InChI is InChI=1S/C16H26N4O/c1-4-16(2,3)19-15(21)12-20-9-8-18-11-14(20)13-6-5-7-17-10-13/h5-7,10,14,18H,4,8-9,11-12H2,1-3H3,(H,19,21). The zero-order valence-corrected chi connectivity index (χ0v) is 13.2. The molecule has 2 N–H and O–H groups in total. The van der Waals surface area contributed by atoms with E-state index in [4.69, 9.17) is 0 Å². The number of amides is 1. The summed E-state index contributed by atoms with van der Waals surface area (Å²) < 4.78 is 0. The highest BCUT2D eigenvalue weighted by molar-refractivity contribution is 5.78. The molecule has 116 valence electrons. The van der Waals surface area contributed by atoms with Crippen LogP contribution in [0.3, 0.4) is 0 Å². The molecule has 1 aromatic rings. The number of carbonyl (C=O) groups is 1. The van der Waals surface area contributed by atoms with Crippen molar-refractivity contribution in [2.24, 2.45) is 0 Å². The minimum Gasteiger partial charge on any atom is -0.350 e. The van der Waals surface area contributed by atoms with E-state index >= 15 is 0 Å². The summed E-state index contributed by atoms with van der Waals surface area (Å²) in [5.41, 5.74) is 1.02. The lowest BCUT2D eigenvalue weighted by Crippen LogP contribution is -2.52. The Morgan fingerprint density at radius 3 is 3.05 bits per heavy atom. The summed E-state index contributed by atoms with van der Waals surface area (Å²) in [6, 6.07) is 4.23. The van der Waals surface area contributed by atoms with E-state index in [0.29, 0.717) is 6.54 Å².